The van der Waals surface area contributed by atoms with Crippen molar-refractivity contribution < 1.29 is 4.79 Å². The summed E-state index contributed by atoms with van der Waals surface area (Å²) in [7, 11) is 0. The van der Waals surface area contributed by atoms with E-state index in [9.17, 15) is 4.79 Å². The molecular formula is C11H15N3O. The molecule has 4 N–H and O–H groups in total. The number of anilines is 1. The average Bonchev–Trinajstić information content (AvgIpc) is 2.29. The first-order valence-electron chi connectivity index (χ1n) is 5.19. The smallest absolute Gasteiger partial charge is 0.307 e. The summed E-state index contributed by atoms with van der Waals surface area (Å²) in [5.41, 5.74) is 5.59. The lowest BCUT2D eigenvalue weighted by atomic mass is 9.91. The molecule has 80 valence electrons. The number of fused-ring (bicyclic) bond motifs is 1. The third-order valence-corrected chi connectivity index (χ3v) is 2.74. The molecule has 0 aromatic heterocycles. The number of aryl methyl sites for hydroxylation is 2. The van der Waals surface area contributed by atoms with E-state index in [0.717, 1.165) is 18.5 Å². The van der Waals surface area contributed by atoms with Gasteiger partial charge in [-0.15, -0.1) is 0 Å². The molecule has 0 saturated carbocycles. The van der Waals surface area contributed by atoms with Gasteiger partial charge in [0.1, 0.15) is 0 Å². The van der Waals surface area contributed by atoms with Crippen molar-refractivity contribution in [3.05, 3.63) is 29.3 Å². The minimum Gasteiger partial charge on any atom is -0.307 e. The lowest BCUT2D eigenvalue weighted by Crippen LogP contribution is -2.34. The SMILES string of the molecule is NNC(=O)Nc1ccc2c(c1)CCCC2. The third-order valence-electron chi connectivity index (χ3n) is 2.74. The number of urea groups is 1. The fourth-order valence-corrected chi connectivity index (χ4v) is 1.98. The van der Waals surface area contributed by atoms with E-state index in [-0.39, 0.29) is 6.03 Å². The van der Waals surface area contributed by atoms with Gasteiger partial charge in [0.25, 0.3) is 0 Å². The van der Waals surface area contributed by atoms with E-state index in [0.29, 0.717) is 0 Å². The van der Waals surface area contributed by atoms with Gasteiger partial charge in [-0.25, -0.2) is 10.6 Å². The number of hydrazine groups is 1. The number of rotatable bonds is 1. The lowest BCUT2D eigenvalue weighted by molar-refractivity contribution is 0.252. The topological polar surface area (TPSA) is 67.1 Å². The summed E-state index contributed by atoms with van der Waals surface area (Å²) in [4.78, 5) is 11.0. The van der Waals surface area contributed by atoms with Gasteiger partial charge < -0.3 is 5.32 Å². The molecule has 0 spiro atoms. The van der Waals surface area contributed by atoms with Crippen molar-refractivity contribution in [1.82, 2.24) is 5.43 Å². The summed E-state index contributed by atoms with van der Waals surface area (Å²) in [6.07, 6.45) is 4.76. The van der Waals surface area contributed by atoms with Gasteiger partial charge in [0, 0.05) is 5.69 Å². The maximum absolute atomic E-state index is 11.0. The molecular weight excluding hydrogens is 190 g/mol. The molecule has 2 amide bonds. The maximum atomic E-state index is 11.0. The Balaban J connectivity index is 2.17. The van der Waals surface area contributed by atoms with Gasteiger partial charge in [-0.2, -0.15) is 0 Å². The third kappa shape index (κ3) is 2.27. The Kier molecular flexibility index (Phi) is 2.87. The summed E-state index contributed by atoms with van der Waals surface area (Å²) < 4.78 is 0. The number of amides is 2. The Morgan fingerprint density at radius 1 is 1.20 bits per heavy atom. The fourth-order valence-electron chi connectivity index (χ4n) is 1.98. The van der Waals surface area contributed by atoms with E-state index in [1.807, 2.05) is 17.6 Å². The summed E-state index contributed by atoms with van der Waals surface area (Å²) in [6, 6.07) is 5.65. The van der Waals surface area contributed by atoms with Crippen molar-refractivity contribution in [2.24, 2.45) is 5.84 Å². The summed E-state index contributed by atoms with van der Waals surface area (Å²) in [5, 5.41) is 2.67. The van der Waals surface area contributed by atoms with E-state index < -0.39 is 0 Å². The predicted octanol–water partition coefficient (Wildman–Crippen LogP) is 1.56. The summed E-state index contributed by atoms with van der Waals surface area (Å²) in [6.45, 7) is 0. The molecule has 0 saturated heterocycles. The van der Waals surface area contributed by atoms with Crippen LogP contribution >= 0.6 is 0 Å². The van der Waals surface area contributed by atoms with Crippen molar-refractivity contribution in [1.29, 1.82) is 0 Å². The first kappa shape index (κ1) is 9.98. The van der Waals surface area contributed by atoms with Crippen molar-refractivity contribution >= 4 is 11.7 Å². The number of benzene rings is 1. The van der Waals surface area contributed by atoms with Gasteiger partial charge >= 0.3 is 6.03 Å². The normalized spacial score (nSPS) is 14.2. The van der Waals surface area contributed by atoms with Crippen molar-refractivity contribution in [2.75, 3.05) is 5.32 Å². The Morgan fingerprint density at radius 3 is 2.67 bits per heavy atom. The van der Waals surface area contributed by atoms with E-state index in [4.69, 9.17) is 5.84 Å². The average molecular weight is 205 g/mol. The van der Waals surface area contributed by atoms with Crippen LogP contribution < -0.4 is 16.6 Å². The van der Waals surface area contributed by atoms with Gasteiger partial charge in [-0.1, -0.05) is 6.07 Å². The first-order valence-corrected chi connectivity index (χ1v) is 5.19. The van der Waals surface area contributed by atoms with Crippen LogP contribution in [0.25, 0.3) is 0 Å². The predicted molar refractivity (Wildman–Crippen MR) is 59.4 cm³/mol. The van der Waals surface area contributed by atoms with E-state index in [1.165, 1.54) is 24.0 Å². The molecule has 4 nitrogen and oxygen atoms in total. The zero-order chi connectivity index (χ0) is 10.7. The molecule has 0 fully saturated rings. The molecule has 1 aromatic rings. The second kappa shape index (κ2) is 4.31. The number of carbonyl (C=O) groups is 1. The van der Waals surface area contributed by atoms with Crippen LogP contribution in [0.1, 0.15) is 24.0 Å². The molecule has 15 heavy (non-hydrogen) atoms. The molecule has 0 heterocycles. The summed E-state index contributed by atoms with van der Waals surface area (Å²) in [5.74, 6) is 5.00. The second-order valence-electron chi connectivity index (χ2n) is 3.79. The number of hydrogen-bond donors (Lipinski definition) is 3. The zero-order valence-electron chi connectivity index (χ0n) is 8.55. The first-order chi connectivity index (χ1) is 7.29. The van der Waals surface area contributed by atoms with E-state index in [1.54, 1.807) is 0 Å². The molecule has 1 aromatic carbocycles. The highest BCUT2D eigenvalue weighted by Crippen LogP contribution is 2.24. The standard InChI is InChI=1S/C11H15N3O/c12-14-11(15)13-10-6-5-8-3-1-2-4-9(8)7-10/h5-7H,1-4,12H2,(H2,13,14,15). The van der Waals surface area contributed by atoms with Gasteiger partial charge in [-0.3, -0.25) is 5.43 Å². The molecule has 0 unspecified atom stereocenters. The van der Waals surface area contributed by atoms with Gasteiger partial charge in [0.2, 0.25) is 0 Å². The number of nitrogens with one attached hydrogen (secondary N) is 2. The number of carbonyl (C=O) groups excluding carboxylic acids is 1. The van der Waals surface area contributed by atoms with Crippen LogP contribution in [0.3, 0.4) is 0 Å². The number of nitrogens with two attached hydrogens (primary N) is 1. The van der Waals surface area contributed by atoms with E-state index in [2.05, 4.69) is 11.4 Å². The Labute approximate surface area is 88.8 Å². The largest absolute Gasteiger partial charge is 0.333 e. The van der Waals surface area contributed by atoms with Crippen LogP contribution in [-0.2, 0) is 12.8 Å². The van der Waals surface area contributed by atoms with Crippen LogP contribution in [0.15, 0.2) is 18.2 Å². The maximum Gasteiger partial charge on any atom is 0.333 e. The molecule has 0 bridgehead atoms. The minimum absolute atomic E-state index is 0.384. The van der Waals surface area contributed by atoms with Gasteiger partial charge in [-0.05, 0) is 48.9 Å². The molecule has 0 atom stereocenters. The van der Waals surface area contributed by atoms with Crippen LogP contribution in [0.2, 0.25) is 0 Å². The lowest BCUT2D eigenvalue weighted by Gasteiger charge is -2.16. The molecule has 2 rings (SSSR count). The monoisotopic (exact) mass is 205 g/mol. The Morgan fingerprint density at radius 2 is 1.93 bits per heavy atom. The van der Waals surface area contributed by atoms with Gasteiger partial charge in [0.05, 0.1) is 0 Å². The zero-order valence-corrected chi connectivity index (χ0v) is 8.55. The van der Waals surface area contributed by atoms with Gasteiger partial charge in [0.15, 0.2) is 0 Å². The second-order valence-corrected chi connectivity index (χ2v) is 3.79. The highest BCUT2D eigenvalue weighted by Gasteiger charge is 2.09. The van der Waals surface area contributed by atoms with Crippen LogP contribution in [0, 0.1) is 0 Å². The van der Waals surface area contributed by atoms with Crippen LogP contribution in [0.4, 0.5) is 10.5 Å². The van der Waals surface area contributed by atoms with Crippen molar-refractivity contribution in [3.63, 3.8) is 0 Å². The highest BCUT2D eigenvalue weighted by atomic mass is 16.2. The van der Waals surface area contributed by atoms with Crippen LogP contribution in [0.5, 0.6) is 0 Å². The van der Waals surface area contributed by atoms with Crippen molar-refractivity contribution in [3.8, 4) is 0 Å². The number of hydrogen-bond acceptors (Lipinski definition) is 2. The molecule has 1 aliphatic rings. The molecule has 4 heteroatoms. The summed E-state index contributed by atoms with van der Waals surface area (Å²) >= 11 is 0. The fraction of sp³-hybridized carbons (Fsp3) is 0.364. The van der Waals surface area contributed by atoms with Crippen LogP contribution in [-0.4, -0.2) is 6.03 Å². The Hall–Kier alpha value is -1.55. The van der Waals surface area contributed by atoms with E-state index >= 15 is 0 Å². The van der Waals surface area contributed by atoms with Crippen molar-refractivity contribution in [2.45, 2.75) is 25.7 Å². The quantitative estimate of drug-likeness (QED) is 0.370. The highest BCUT2D eigenvalue weighted by molar-refractivity contribution is 5.88. The molecule has 0 radical (unpaired) electrons. The molecule has 1 aliphatic carbocycles. The minimum atomic E-state index is -0.384. The Bertz CT molecular complexity index is 376. The molecule has 0 aliphatic heterocycles.